The molecule has 1 saturated carbocycles. The van der Waals surface area contributed by atoms with Gasteiger partial charge in [-0.15, -0.1) is 0 Å². The van der Waals surface area contributed by atoms with Crippen LogP contribution in [-0.2, 0) is 24.3 Å². The Morgan fingerprint density at radius 3 is 2.42 bits per heavy atom. The van der Waals surface area contributed by atoms with Gasteiger partial charge in [-0.2, -0.15) is 4.31 Å². The molecule has 0 spiro atoms. The van der Waals surface area contributed by atoms with E-state index in [0.717, 1.165) is 5.56 Å². The molecule has 6 nitrogen and oxygen atoms in total. The van der Waals surface area contributed by atoms with E-state index < -0.39 is 21.9 Å². The van der Waals surface area contributed by atoms with Gasteiger partial charge in [0.25, 0.3) is 0 Å². The lowest BCUT2D eigenvalue weighted by Crippen LogP contribution is -2.36. The minimum absolute atomic E-state index is 0.0152. The summed E-state index contributed by atoms with van der Waals surface area (Å²) in [5.74, 6) is -1.40. The molecular formula is C17H21NO5S. The van der Waals surface area contributed by atoms with Gasteiger partial charge in [0.1, 0.15) is 11.7 Å². The van der Waals surface area contributed by atoms with Crippen molar-refractivity contribution in [2.24, 2.45) is 17.8 Å². The summed E-state index contributed by atoms with van der Waals surface area (Å²) in [6, 6.07) is 6.75. The Balaban J connectivity index is 1.79. The monoisotopic (exact) mass is 351 g/mol. The molecule has 3 atom stereocenters. The summed E-state index contributed by atoms with van der Waals surface area (Å²) < 4.78 is 31.7. The molecule has 3 rings (SSSR count). The van der Waals surface area contributed by atoms with Gasteiger partial charge >= 0.3 is 5.97 Å². The summed E-state index contributed by atoms with van der Waals surface area (Å²) in [5.41, 5.74) is 0.996. The van der Waals surface area contributed by atoms with E-state index in [4.69, 9.17) is 4.74 Å². The van der Waals surface area contributed by atoms with Crippen molar-refractivity contribution in [1.82, 2.24) is 4.31 Å². The molecule has 1 aromatic carbocycles. The van der Waals surface area contributed by atoms with Crippen molar-refractivity contribution in [3.05, 3.63) is 29.8 Å². The fraction of sp³-hybridized carbons (Fsp3) is 0.529. The van der Waals surface area contributed by atoms with Crippen LogP contribution in [0.3, 0.4) is 0 Å². The van der Waals surface area contributed by atoms with Gasteiger partial charge < -0.3 is 4.74 Å². The van der Waals surface area contributed by atoms with E-state index in [0.29, 0.717) is 19.5 Å². The number of sulfonamides is 1. The van der Waals surface area contributed by atoms with Gasteiger partial charge in [-0.05, 0) is 37.3 Å². The number of Topliss-reactive ketones (excluding diaryl/α,β-unsaturated/α-hetero) is 1. The maximum absolute atomic E-state index is 12.8. The molecule has 7 heteroatoms. The zero-order valence-electron chi connectivity index (χ0n) is 13.8. The Morgan fingerprint density at radius 2 is 1.79 bits per heavy atom. The number of nitrogens with zero attached hydrogens (tertiary/aromatic N) is 1. The van der Waals surface area contributed by atoms with Gasteiger partial charge in [0.05, 0.1) is 12.0 Å². The highest BCUT2D eigenvalue weighted by atomic mass is 32.2. The van der Waals surface area contributed by atoms with Crippen LogP contribution in [0.15, 0.2) is 29.2 Å². The van der Waals surface area contributed by atoms with E-state index in [1.165, 1.54) is 11.4 Å². The van der Waals surface area contributed by atoms with Crippen molar-refractivity contribution in [3.8, 4) is 0 Å². The summed E-state index contributed by atoms with van der Waals surface area (Å²) in [6.45, 7) is 2.58. The summed E-state index contributed by atoms with van der Waals surface area (Å²) in [6.07, 6.45) is 0.612. The van der Waals surface area contributed by atoms with Gasteiger partial charge in [0, 0.05) is 19.5 Å². The number of fused-ring (bicyclic) bond motifs is 1. The minimum Gasteiger partial charge on any atom is -0.468 e. The van der Waals surface area contributed by atoms with Gasteiger partial charge in [-0.25, -0.2) is 8.42 Å². The number of ketones is 1. The van der Waals surface area contributed by atoms with Crippen LogP contribution in [0.4, 0.5) is 0 Å². The second-order valence-electron chi connectivity index (χ2n) is 6.64. The third-order valence-electron chi connectivity index (χ3n) is 5.08. The van der Waals surface area contributed by atoms with Crippen molar-refractivity contribution < 1.29 is 22.7 Å². The number of rotatable bonds is 3. The van der Waals surface area contributed by atoms with Crippen LogP contribution in [-0.4, -0.2) is 44.7 Å². The number of benzene rings is 1. The zero-order valence-corrected chi connectivity index (χ0v) is 14.6. The van der Waals surface area contributed by atoms with E-state index in [-0.39, 0.29) is 28.9 Å². The van der Waals surface area contributed by atoms with Crippen LogP contribution in [0.25, 0.3) is 0 Å². The predicted molar refractivity (Wildman–Crippen MR) is 86.7 cm³/mol. The molecule has 2 aliphatic rings. The molecule has 2 fully saturated rings. The Morgan fingerprint density at radius 1 is 1.17 bits per heavy atom. The van der Waals surface area contributed by atoms with Crippen LogP contribution in [0.1, 0.15) is 18.4 Å². The zero-order chi connectivity index (χ0) is 17.5. The first-order valence-corrected chi connectivity index (χ1v) is 9.44. The molecule has 24 heavy (non-hydrogen) atoms. The van der Waals surface area contributed by atoms with Gasteiger partial charge in [-0.1, -0.05) is 17.7 Å². The quantitative estimate of drug-likeness (QED) is 0.607. The molecule has 1 heterocycles. The molecule has 0 amide bonds. The molecule has 1 saturated heterocycles. The molecule has 130 valence electrons. The van der Waals surface area contributed by atoms with Gasteiger partial charge in [0.2, 0.25) is 10.0 Å². The first-order valence-electron chi connectivity index (χ1n) is 8.00. The van der Waals surface area contributed by atoms with E-state index in [1.54, 1.807) is 24.3 Å². The van der Waals surface area contributed by atoms with E-state index in [9.17, 15) is 18.0 Å². The lowest BCUT2D eigenvalue weighted by Gasteiger charge is -2.27. The van der Waals surface area contributed by atoms with Crippen molar-refractivity contribution in [2.75, 3.05) is 20.2 Å². The van der Waals surface area contributed by atoms with E-state index in [1.807, 2.05) is 6.92 Å². The molecule has 0 N–H and O–H groups in total. The fourth-order valence-corrected chi connectivity index (χ4v) is 5.21. The summed E-state index contributed by atoms with van der Waals surface area (Å²) in [4.78, 5) is 24.1. The molecule has 0 bridgehead atoms. The number of carbonyl (C=O) groups is 2. The van der Waals surface area contributed by atoms with Crippen molar-refractivity contribution in [2.45, 2.75) is 24.7 Å². The molecule has 0 aromatic heterocycles. The number of hydrogen-bond acceptors (Lipinski definition) is 5. The van der Waals surface area contributed by atoms with Crippen molar-refractivity contribution >= 4 is 21.8 Å². The summed E-state index contributed by atoms with van der Waals surface area (Å²) in [5, 5.41) is 0. The lowest BCUT2D eigenvalue weighted by atomic mass is 9.75. The fourth-order valence-electron chi connectivity index (χ4n) is 3.65. The average molecular weight is 351 g/mol. The number of hydrogen-bond donors (Lipinski definition) is 0. The summed E-state index contributed by atoms with van der Waals surface area (Å²) in [7, 11) is -2.30. The van der Waals surface area contributed by atoms with Gasteiger partial charge in [-0.3, -0.25) is 9.59 Å². The molecule has 1 aromatic rings. The Bertz CT molecular complexity index is 756. The standard InChI is InChI=1S/C17H21NO5S/c1-11-3-5-14(6-4-11)24(21,22)18-9-12-7-15(17(20)23-2)16(19)8-13(12)10-18/h3-6,12-13,15H,7-10H2,1-2H3/t12-,13+,15?/m0/s1. The first-order chi connectivity index (χ1) is 11.3. The number of methoxy groups -OCH3 is 1. The smallest absolute Gasteiger partial charge is 0.316 e. The molecule has 0 radical (unpaired) electrons. The Kier molecular flexibility index (Phi) is 4.48. The average Bonchev–Trinajstić information content (AvgIpc) is 2.97. The third-order valence-corrected chi connectivity index (χ3v) is 6.92. The highest BCUT2D eigenvalue weighted by Crippen LogP contribution is 2.39. The normalized spacial score (nSPS) is 27.8. The van der Waals surface area contributed by atoms with Crippen LogP contribution >= 0.6 is 0 Å². The minimum atomic E-state index is -3.57. The third kappa shape index (κ3) is 2.98. The topological polar surface area (TPSA) is 80.8 Å². The van der Waals surface area contributed by atoms with E-state index >= 15 is 0 Å². The predicted octanol–water partition coefficient (Wildman–Crippen LogP) is 1.38. The highest BCUT2D eigenvalue weighted by Gasteiger charge is 2.47. The molecular weight excluding hydrogens is 330 g/mol. The SMILES string of the molecule is COC(=O)C1C[C@H]2CN(S(=O)(=O)c3ccc(C)cc3)C[C@H]2CC1=O. The highest BCUT2D eigenvalue weighted by molar-refractivity contribution is 7.89. The van der Waals surface area contributed by atoms with Crippen LogP contribution in [0.5, 0.6) is 0 Å². The van der Waals surface area contributed by atoms with Gasteiger partial charge in [0.15, 0.2) is 0 Å². The maximum atomic E-state index is 12.8. The summed E-state index contributed by atoms with van der Waals surface area (Å²) >= 11 is 0. The maximum Gasteiger partial charge on any atom is 0.316 e. The Hall–Kier alpha value is -1.73. The molecule has 1 aliphatic heterocycles. The number of aryl methyl sites for hydroxylation is 1. The Labute approximate surface area is 141 Å². The van der Waals surface area contributed by atoms with Crippen molar-refractivity contribution in [3.63, 3.8) is 0 Å². The molecule has 1 aliphatic carbocycles. The number of ether oxygens (including phenoxy) is 1. The number of carbonyl (C=O) groups excluding carboxylic acids is 2. The second kappa shape index (κ2) is 6.29. The van der Waals surface area contributed by atoms with Crippen LogP contribution in [0, 0.1) is 24.7 Å². The van der Waals surface area contributed by atoms with Crippen LogP contribution < -0.4 is 0 Å². The molecule has 1 unspecified atom stereocenters. The van der Waals surface area contributed by atoms with E-state index in [2.05, 4.69) is 0 Å². The number of esters is 1. The van der Waals surface area contributed by atoms with Crippen molar-refractivity contribution in [1.29, 1.82) is 0 Å². The lowest BCUT2D eigenvalue weighted by molar-refractivity contribution is -0.152. The second-order valence-corrected chi connectivity index (χ2v) is 8.58. The largest absolute Gasteiger partial charge is 0.468 e. The first kappa shape index (κ1) is 17.1. The van der Waals surface area contributed by atoms with Crippen LogP contribution in [0.2, 0.25) is 0 Å².